The number of primary amides is 1. The van der Waals surface area contributed by atoms with Crippen LogP contribution in [-0.4, -0.2) is 49.2 Å². The Labute approximate surface area is 213 Å². The van der Waals surface area contributed by atoms with E-state index in [0.29, 0.717) is 34.8 Å². The van der Waals surface area contributed by atoms with Crippen LogP contribution in [0.1, 0.15) is 35.7 Å². The fourth-order valence-corrected chi connectivity index (χ4v) is 4.91. The van der Waals surface area contributed by atoms with Crippen LogP contribution in [0.15, 0.2) is 54.0 Å². The number of hydrogen-bond acceptors (Lipinski definition) is 8. The first kappa shape index (κ1) is 24.0. The highest BCUT2D eigenvalue weighted by atomic mass is 16.1. The second kappa shape index (κ2) is 9.73. The molecule has 3 N–H and O–H groups in total. The summed E-state index contributed by atoms with van der Waals surface area (Å²) in [5.41, 5.74) is 9.42. The van der Waals surface area contributed by atoms with E-state index in [1.807, 2.05) is 18.3 Å². The number of aryl methyl sites for hydroxylation is 1. The predicted molar refractivity (Wildman–Crippen MR) is 139 cm³/mol. The molecule has 0 spiro atoms. The molecule has 4 aromatic heterocycles. The van der Waals surface area contributed by atoms with Crippen molar-refractivity contribution in [1.29, 1.82) is 5.26 Å². The molecule has 0 bridgehead atoms. The van der Waals surface area contributed by atoms with E-state index in [0.717, 1.165) is 30.5 Å². The van der Waals surface area contributed by atoms with E-state index in [-0.39, 0.29) is 17.5 Å². The molecular weight excluding hydrogens is 470 g/mol. The lowest BCUT2D eigenvalue weighted by molar-refractivity contribution is 0.100. The molecule has 5 rings (SSSR count). The van der Waals surface area contributed by atoms with Gasteiger partial charge in [-0.1, -0.05) is 13.3 Å². The van der Waals surface area contributed by atoms with Crippen LogP contribution in [-0.2, 0) is 7.05 Å². The van der Waals surface area contributed by atoms with Crippen molar-refractivity contribution in [1.82, 2.24) is 24.1 Å². The Balaban J connectivity index is 1.52. The summed E-state index contributed by atoms with van der Waals surface area (Å²) in [6, 6.07) is 7.27. The standard InChI is InChI=1S/C26H27N9O2/c1-3-4-18-13-34(26-29-9-16(8-27)10-30-26)15-21(18)32-24-20(25(28)37)11-31-35-14-19(7-22(24)35)17-5-6-23(36)33(2)12-17/h5-7,9-12,14,18,21,32H,3-4,13,15H2,1-2H3,(H2,28,37)/t18-,21+/m0/s1. The molecule has 188 valence electrons. The number of nitriles is 1. The lowest BCUT2D eigenvalue weighted by Gasteiger charge is -2.22. The van der Waals surface area contributed by atoms with E-state index >= 15 is 0 Å². The van der Waals surface area contributed by atoms with Gasteiger partial charge in [-0.05, 0) is 30.0 Å². The highest BCUT2D eigenvalue weighted by molar-refractivity contribution is 6.02. The minimum Gasteiger partial charge on any atom is -0.378 e. The lowest BCUT2D eigenvalue weighted by Crippen LogP contribution is -2.31. The summed E-state index contributed by atoms with van der Waals surface area (Å²) in [6.45, 7) is 3.51. The zero-order valence-electron chi connectivity index (χ0n) is 20.6. The number of fused-ring (bicyclic) bond motifs is 1. The largest absolute Gasteiger partial charge is 0.378 e. The molecule has 1 aliphatic rings. The minimum atomic E-state index is -0.570. The molecule has 0 aromatic carbocycles. The summed E-state index contributed by atoms with van der Waals surface area (Å²) in [6.07, 6.45) is 10.1. The first-order valence-electron chi connectivity index (χ1n) is 12.1. The Kier molecular flexibility index (Phi) is 6.31. The molecule has 1 amide bonds. The van der Waals surface area contributed by atoms with Crippen LogP contribution in [0.25, 0.3) is 16.6 Å². The number of rotatable bonds is 7. The summed E-state index contributed by atoms with van der Waals surface area (Å²) in [5, 5.41) is 17.1. The third-order valence-corrected chi connectivity index (χ3v) is 6.80. The molecule has 0 aliphatic carbocycles. The molecule has 37 heavy (non-hydrogen) atoms. The van der Waals surface area contributed by atoms with Gasteiger partial charge in [0.15, 0.2) is 0 Å². The average Bonchev–Trinajstić information content (AvgIpc) is 3.51. The lowest BCUT2D eigenvalue weighted by atomic mass is 9.97. The van der Waals surface area contributed by atoms with E-state index in [1.165, 1.54) is 29.2 Å². The number of anilines is 2. The van der Waals surface area contributed by atoms with Gasteiger partial charge in [0.2, 0.25) is 11.5 Å². The van der Waals surface area contributed by atoms with Gasteiger partial charge in [0.05, 0.1) is 40.9 Å². The molecule has 11 heteroatoms. The van der Waals surface area contributed by atoms with Crippen molar-refractivity contribution in [2.45, 2.75) is 25.8 Å². The molecule has 5 heterocycles. The third-order valence-electron chi connectivity index (χ3n) is 6.80. The van der Waals surface area contributed by atoms with Gasteiger partial charge in [-0.2, -0.15) is 10.4 Å². The molecular formula is C26H27N9O2. The molecule has 11 nitrogen and oxygen atoms in total. The number of carbonyl (C=O) groups excluding carboxylic acids is 1. The Morgan fingerprint density at radius 1 is 1.19 bits per heavy atom. The molecule has 1 aliphatic heterocycles. The van der Waals surface area contributed by atoms with Crippen molar-refractivity contribution in [3.8, 4) is 17.2 Å². The first-order valence-corrected chi connectivity index (χ1v) is 12.1. The molecule has 4 aromatic rings. The monoisotopic (exact) mass is 497 g/mol. The topological polar surface area (TPSA) is 147 Å². The number of hydrogen-bond donors (Lipinski definition) is 2. The predicted octanol–water partition coefficient (Wildman–Crippen LogP) is 2.18. The van der Waals surface area contributed by atoms with Crippen LogP contribution in [0.5, 0.6) is 0 Å². The summed E-state index contributed by atoms with van der Waals surface area (Å²) >= 11 is 0. The molecule has 2 atom stereocenters. The number of aromatic nitrogens is 5. The van der Waals surface area contributed by atoms with Crippen LogP contribution in [0.3, 0.4) is 0 Å². The van der Waals surface area contributed by atoms with E-state index < -0.39 is 5.91 Å². The van der Waals surface area contributed by atoms with Gasteiger partial charge in [-0.15, -0.1) is 0 Å². The van der Waals surface area contributed by atoms with Crippen molar-refractivity contribution < 1.29 is 4.79 Å². The van der Waals surface area contributed by atoms with Crippen LogP contribution < -0.4 is 21.5 Å². The summed E-state index contributed by atoms with van der Waals surface area (Å²) in [4.78, 5) is 35.1. The quantitative estimate of drug-likeness (QED) is 0.395. The molecule has 0 saturated carbocycles. The molecule has 1 fully saturated rings. The van der Waals surface area contributed by atoms with Crippen molar-refractivity contribution in [3.05, 3.63) is 70.7 Å². The first-order chi connectivity index (χ1) is 17.9. The molecule has 1 saturated heterocycles. The Bertz CT molecular complexity index is 1570. The van der Waals surface area contributed by atoms with Gasteiger partial charge in [0, 0.05) is 50.2 Å². The van der Waals surface area contributed by atoms with E-state index in [1.54, 1.807) is 23.8 Å². The Morgan fingerprint density at radius 3 is 2.65 bits per heavy atom. The Hall–Kier alpha value is -4.72. The number of nitrogens with zero attached hydrogens (tertiary/aromatic N) is 7. The van der Waals surface area contributed by atoms with Crippen molar-refractivity contribution in [2.24, 2.45) is 18.7 Å². The SMILES string of the molecule is CCC[C@H]1CN(c2ncc(C#N)cn2)C[C@H]1Nc1c(C(N)=O)cnn2cc(-c3ccc(=O)n(C)c3)cc12. The van der Waals surface area contributed by atoms with Gasteiger partial charge >= 0.3 is 0 Å². The van der Waals surface area contributed by atoms with Gasteiger partial charge in [0.1, 0.15) is 6.07 Å². The van der Waals surface area contributed by atoms with E-state index in [4.69, 9.17) is 11.0 Å². The number of nitrogens with one attached hydrogen (secondary N) is 1. The Morgan fingerprint density at radius 2 is 1.97 bits per heavy atom. The number of amides is 1. The summed E-state index contributed by atoms with van der Waals surface area (Å²) < 4.78 is 3.23. The maximum Gasteiger partial charge on any atom is 0.252 e. The van der Waals surface area contributed by atoms with Gasteiger partial charge in [-0.3, -0.25) is 9.59 Å². The van der Waals surface area contributed by atoms with Gasteiger partial charge in [-0.25, -0.2) is 14.5 Å². The highest BCUT2D eigenvalue weighted by Gasteiger charge is 2.34. The second-order valence-corrected chi connectivity index (χ2v) is 9.31. The zero-order valence-corrected chi connectivity index (χ0v) is 20.6. The minimum absolute atomic E-state index is 0.000565. The smallest absolute Gasteiger partial charge is 0.252 e. The van der Waals surface area contributed by atoms with Crippen LogP contribution >= 0.6 is 0 Å². The number of nitrogens with two attached hydrogens (primary N) is 1. The van der Waals surface area contributed by atoms with Crippen molar-refractivity contribution >= 4 is 23.1 Å². The van der Waals surface area contributed by atoms with Gasteiger partial charge < -0.3 is 20.5 Å². The van der Waals surface area contributed by atoms with E-state index in [2.05, 4.69) is 32.2 Å². The van der Waals surface area contributed by atoms with Crippen LogP contribution in [0, 0.1) is 17.2 Å². The maximum atomic E-state index is 12.4. The van der Waals surface area contributed by atoms with Crippen molar-refractivity contribution in [2.75, 3.05) is 23.3 Å². The van der Waals surface area contributed by atoms with Crippen LogP contribution in [0.2, 0.25) is 0 Å². The fraction of sp³-hybridized carbons (Fsp3) is 0.308. The number of pyridine rings is 1. The van der Waals surface area contributed by atoms with Gasteiger partial charge in [0.25, 0.3) is 5.91 Å². The fourth-order valence-electron chi connectivity index (χ4n) is 4.91. The average molecular weight is 498 g/mol. The van der Waals surface area contributed by atoms with Crippen molar-refractivity contribution in [3.63, 3.8) is 0 Å². The highest BCUT2D eigenvalue weighted by Crippen LogP contribution is 2.32. The molecule has 0 unspecified atom stereocenters. The molecule has 0 radical (unpaired) electrons. The third kappa shape index (κ3) is 4.61. The normalized spacial score (nSPS) is 17.2. The second-order valence-electron chi connectivity index (χ2n) is 9.31. The number of carbonyl (C=O) groups is 1. The zero-order chi connectivity index (χ0) is 26.1. The van der Waals surface area contributed by atoms with E-state index in [9.17, 15) is 9.59 Å². The maximum absolute atomic E-state index is 12.4. The summed E-state index contributed by atoms with van der Waals surface area (Å²) in [7, 11) is 1.70. The van der Waals surface area contributed by atoms with Crippen LogP contribution in [0.4, 0.5) is 11.6 Å². The summed E-state index contributed by atoms with van der Waals surface area (Å²) in [5.74, 6) is 0.273.